The van der Waals surface area contributed by atoms with E-state index in [2.05, 4.69) is 157 Å². The van der Waals surface area contributed by atoms with Crippen LogP contribution in [-0.4, -0.2) is 15.0 Å². The molecule has 8 aromatic carbocycles. The van der Waals surface area contributed by atoms with Crippen LogP contribution in [0.5, 0.6) is 0 Å². The minimum atomic E-state index is 0.934. The second-order valence-electron chi connectivity index (χ2n) is 13.6. The first-order chi connectivity index (χ1) is 25.8. The number of hydrogen-bond donors (Lipinski definition) is 0. The maximum atomic E-state index is 5.26. The molecular weight excluding hydrogens is 631 g/mol. The van der Waals surface area contributed by atoms with Gasteiger partial charge >= 0.3 is 0 Å². The molecule has 52 heavy (non-hydrogen) atoms. The number of hydrogen-bond acceptors (Lipinski definition) is 3. The Morgan fingerprint density at radius 3 is 1.81 bits per heavy atom. The molecule has 0 fully saturated rings. The van der Waals surface area contributed by atoms with E-state index in [1.165, 1.54) is 71.1 Å². The molecule has 240 valence electrons. The highest BCUT2D eigenvalue weighted by Gasteiger charge is 2.15. The minimum absolute atomic E-state index is 0.934. The Morgan fingerprint density at radius 2 is 0.942 bits per heavy atom. The molecule has 3 heteroatoms. The molecule has 3 heterocycles. The number of aromatic nitrogens is 3. The van der Waals surface area contributed by atoms with E-state index in [4.69, 9.17) is 9.97 Å². The van der Waals surface area contributed by atoms with E-state index in [-0.39, 0.29) is 0 Å². The van der Waals surface area contributed by atoms with Crippen molar-refractivity contribution in [1.29, 1.82) is 0 Å². The molecular formula is C49H29N3. The van der Waals surface area contributed by atoms with Gasteiger partial charge < -0.3 is 0 Å². The number of para-hydroxylation sites is 1. The monoisotopic (exact) mass is 659 g/mol. The molecule has 0 aliphatic heterocycles. The van der Waals surface area contributed by atoms with Gasteiger partial charge in [0, 0.05) is 44.9 Å². The lowest BCUT2D eigenvalue weighted by molar-refractivity contribution is 1.37. The van der Waals surface area contributed by atoms with E-state index in [9.17, 15) is 0 Å². The topological polar surface area (TPSA) is 38.7 Å². The summed E-state index contributed by atoms with van der Waals surface area (Å²) < 4.78 is 0. The van der Waals surface area contributed by atoms with Crippen LogP contribution < -0.4 is 0 Å². The second-order valence-corrected chi connectivity index (χ2v) is 13.6. The molecule has 0 aliphatic carbocycles. The van der Waals surface area contributed by atoms with Crippen molar-refractivity contribution in [3.63, 3.8) is 0 Å². The van der Waals surface area contributed by atoms with Gasteiger partial charge in [0.15, 0.2) is 0 Å². The first kappa shape index (κ1) is 28.8. The summed E-state index contributed by atoms with van der Waals surface area (Å²) in [5.41, 5.74) is 11.1. The molecule has 0 radical (unpaired) electrons. The highest BCUT2D eigenvalue weighted by Crippen LogP contribution is 2.40. The summed E-state index contributed by atoms with van der Waals surface area (Å²) >= 11 is 0. The zero-order chi connectivity index (χ0) is 34.2. The SMILES string of the molecule is c1ccc(-c2c3ccccc3nc3c2ccc2ccc(-c4ccc5c(ccc6cc(-c7cc8cccnc8c8ncccc78)ccc65)c4)cc23)cc1. The van der Waals surface area contributed by atoms with Gasteiger partial charge in [0.05, 0.1) is 22.1 Å². The second kappa shape index (κ2) is 11.3. The summed E-state index contributed by atoms with van der Waals surface area (Å²) in [6.45, 7) is 0. The smallest absolute Gasteiger partial charge is 0.0970 e. The summed E-state index contributed by atoms with van der Waals surface area (Å²) in [6.07, 6.45) is 3.69. The summed E-state index contributed by atoms with van der Waals surface area (Å²) in [5.74, 6) is 0. The van der Waals surface area contributed by atoms with Crippen LogP contribution in [0.1, 0.15) is 0 Å². The zero-order valence-corrected chi connectivity index (χ0v) is 28.1. The summed E-state index contributed by atoms with van der Waals surface area (Å²) in [4.78, 5) is 14.6. The van der Waals surface area contributed by atoms with Crippen molar-refractivity contribution < 1.29 is 0 Å². The average Bonchev–Trinajstić information content (AvgIpc) is 3.22. The summed E-state index contributed by atoms with van der Waals surface area (Å²) in [6, 6.07) is 59.1. The van der Waals surface area contributed by atoms with Crippen LogP contribution in [0.15, 0.2) is 176 Å². The van der Waals surface area contributed by atoms with E-state index >= 15 is 0 Å². The van der Waals surface area contributed by atoms with E-state index in [0.717, 1.165) is 38.2 Å². The Morgan fingerprint density at radius 1 is 0.308 bits per heavy atom. The van der Waals surface area contributed by atoms with Crippen LogP contribution in [0.3, 0.4) is 0 Å². The molecule has 0 aliphatic rings. The van der Waals surface area contributed by atoms with Crippen LogP contribution in [0.4, 0.5) is 0 Å². The van der Waals surface area contributed by atoms with Crippen molar-refractivity contribution in [3.8, 4) is 33.4 Å². The van der Waals surface area contributed by atoms with Gasteiger partial charge in [-0.15, -0.1) is 0 Å². The van der Waals surface area contributed by atoms with E-state index in [1.807, 2.05) is 24.5 Å². The number of benzene rings is 8. The van der Waals surface area contributed by atoms with Crippen LogP contribution in [-0.2, 0) is 0 Å². The average molecular weight is 660 g/mol. The number of pyridine rings is 3. The molecule has 0 N–H and O–H groups in total. The maximum absolute atomic E-state index is 5.26. The Hall–Kier alpha value is -6.97. The van der Waals surface area contributed by atoms with E-state index < -0.39 is 0 Å². The number of nitrogens with zero attached hydrogens (tertiary/aromatic N) is 3. The highest BCUT2D eigenvalue weighted by molar-refractivity contribution is 6.18. The molecule has 3 nitrogen and oxygen atoms in total. The lowest BCUT2D eigenvalue weighted by Gasteiger charge is -2.14. The lowest BCUT2D eigenvalue weighted by Crippen LogP contribution is -1.91. The summed E-state index contributed by atoms with van der Waals surface area (Å²) in [5, 5.41) is 11.8. The maximum Gasteiger partial charge on any atom is 0.0970 e. The first-order valence-corrected chi connectivity index (χ1v) is 17.7. The van der Waals surface area contributed by atoms with Crippen molar-refractivity contribution in [3.05, 3.63) is 176 Å². The summed E-state index contributed by atoms with van der Waals surface area (Å²) in [7, 11) is 0. The Balaban J connectivity index is 1.04. The van der Waals surface area contributed by atoms with Crippen molar-refractivity contribution in [2.75, 3.05) is 0 Å². The largest absolute Gasteiger partial charge is 0.254 e. The van der Waals surface area contributed by atoms with Crippen LogP contribution >= 0.6 is 0 Å². The fourth-order valence-electron chi connectivity index (χ4n) is 8.20. The van der Waals surface area contributed by atoms with Crippen molar-refractivity contribution >= 4 is 75.9 Å². The molecule has 0 atom stereocenters. The van der Waals surface area contributed by atoms with Crippen LogP contribution in [0.25, 0.3) is 109 Å². The molecule has 0 bridgehead atoms. The third-order valence-corrected chi connectivity index (χ3v) is 10.7. The molecule has 3 aromatic heterocycles. The lowest BCUT2D eigenvalue weighted by atomic mass is 9.92. The Kier molecular flexibility index (Phi) is 6.25. The van der Waals surface area contributed by atoms with Gasteiger partial charge in [-0.3, -0.25) is 9.97 Å². The normalized spacial score (nSPS) is 11.8. The van der Waals surface area contributed by atoms with Crippen LogP contribution in [0, 0.1) is 0 Å². The van der Waals surface area contributed by atoms with Gasteiger partial charge in [-0.05, 0) is 97.2 Å². The van der Waals surface area contributed by atoms with Crippen molar-refractivity contribution in [1.82, 2.24) is 15.0 Å². The zero-order valence-electron chi connectivity index (χ0n) is 28.1. The third kappa shape index (κ3) is 4.43. The van der Waals surface area contributed by atoms with Crippen molar-refractivity contribution in [2.24, 2.45) is 0 Å². The Bertz CT molecular complexity index is 3240. The van der Waals surface area contributed by atoms with Gasteiger partial charge in [0.25, 0.3) is 0 Å². The van der Waals surface area contributed by atoms with Gasteiger partial charge in [0.1, 0.15) is 0 Å². The van der Waals surface area contributed by atoms with Gasteiger partial charge in [-0.25, -0.2) is 4.98 Å². The molecule has 0 saturated heterocycles. The standard InChI is InChI=1S/C49H29N3/c1-2-8-31(9-3-1)46-41-11-4-5-13-45(41)52-48-42(46)23-18-30-14-15-33(28-44(30)48)32-19-21-38-34(26-32)16-17-35-27-36(20-22-39(35)38)43-29-37-10-6-24-50-47(37)49-40(43)12-7-25-51-49/h1-29H. The third-order valence-electron chi connectivity index (χ3n) is 10.7. The molecule has 0 amide bonds. The van der Waals surface area contributed by atoms with Gasteiger partial charge in [-0.2, -0.15) is 0 Å². The predicted octanol–water partition coefficient (Wildman–Crippen LogP) is 12.9. The first-order valence-electron chi connectivity index (χ1n) is 17.7. The van der Waals surface area contributed by atoms with Gasteiger partial charge in [-0.1, -0.05) is 121 Å². The minimum Gasteiger partial charge on any atom is -0.254 e. The molecule has 0 unspecified atom stereocenters. The molecule has 0 saturated carbocycles. The van der Waals surface area contributed by atoms with Crippen LogP contribution in [0.2, 0.25) is 0 Å². The molecule has 11 rings (SSSR count). The fourth-order valence-corrected chi connectivity index (χ4v) is 8.20. The highest BCUT2D eigenvalue weighted by atomic mass is 14.7. The quantitative estimate of drug-likeness (QED) is 0.140. The molecule has 0 spiro atoms. The molecule has 11 aromatic rings. The van der Waals surface area contributed by atoms with E-state index in [1.54, 1.807) is 0 Å². The number of fused-ring (bicyclic) bond motifs is 10. The predicted molar refractivity (Wildman–Crippen MR) is 219 cm³/mol. The van der Waals surface area contributed by atoms with Gasteiger partial charge in [0.2, 0.25) is 0 Å². The number of rotatable bonds is 3. The van der Waals surface area contributed by atoms with E-state index in [0.29, 0.717) is 0 Å². The fraction of sp³-hybridized carbons (Fsp3) is 0. The Labute approximate surface area is 299 Å². The van der Waals surface area contributed by atoms with Crippen molar-refractivity contribution in [2.45, 2.75) is 0 Å².